The van der Waals surface area contributed by atoms with Gasteiger partial charge in [-0.2, -0.15) is 0 Å². The Labute approximate surface area is 84.6 Å². The Morgan fingerprint density at radius 1 is 0.636 bits per heavy atom. The topological polar surface area (TPSA) is 0 Å². The first-order valence-electron chi connectivity index (χ1n) is 5.07. The van der Waals surface area contributed by atoms with Gasteiger partial charge in [-0.25, -0.2) is 0 Å². The Hall–Kier alpha value is 0.818. The van der Waals surface area contributed by atoms with E-state index in [4.69, 9.17) is 0 Å². The molecule has 0 aromatic carbocycles. The Kier molecular flexibility index (Phi) is 5.71. The molecule has 0 nitrogen and oxygen atoms in total. The molecule has 0 aromatic heterocycles. The monoisotopic (exact) mass is 260 g/mol. The van der Waals surface area contributed by atoms with Gasteiger partial charge in [0.15, 0.2) is 0 Å². The molecule has 11 heavy (non-hydrogen) atoms. The van der Waals surface area contributed by atoms with Crippen molar-refractivity contribution in [3.8, 4) is 0 Å². The molecule has 1 rings (SSSR count). The average molecular weight is 261 g/mol. The molecule has 0 aromatic rings. The summed E-state index contributed by atoms with van der Waals surface area (Å²) < 4.78 is 1.06. The van der Waals surface area contributed by atoms with E-state index in [0.717, 1.165) is 3.86 Å². The molecule has 0 amide bonds. The molecule has 0 spiro atoms. The number of hydrogen-bond donors (Lipinski definition) is 0. The van der Waals surface area contributed by atoms with Crippen LogP contribution < -0.4 is 0 Å². The SMILES string of the molecule is [Sb][CH]1CCCCCCCCC1. The maximum absolute atomic E-state index is 2.07. The van der Waals surface area contributed by atoms with Gasteiger partial charge in [0.1, 0.15) is 0 Å². The van der Waals surface area contributed by atoms with Crippen LogP contribution in [0.4, 0.5) is 0 Å². The van der Waals surface area contributed by atoms with Crippen molar-refractivity contribution in [2.75, 3.05) is 0 Å². The van der Waals surface area contributed by atoms with Crippen LogP contribution in [-0.4, -0.2) is 23.0 Å². The third-order valence-electron chi connectivity index (χ3n) is 2.57. The van der Waals surface area contributed by atoms with Gasteiger partial charge in [-0.15, -0.1) is 0 Å². The molecule has 0 atom stereocenters. The van der Waals surface area contributed by atoms with Crippen LogP contribution in [0, 0.1) is 0 Å². The first kappa shape index (κ1) is 9.90. The fourth-order valence-electron chi connectivity index (χ4n) is 1.79. The third-order valence-corrected chi connectivity index (χ3v) is 4.05. The van der Waals surface area contributed by atoms with Gasteiger partial charge in [-0.3, -0.25) is 0 Å². The summed E-state index contributed by atoms with van der Waals surface area (Å²) in [6, 6.07) is 0. The molecule has 1 fully saturated rings. The zero-order valence-corrected chi connectivity index (χ0v) is 9.94. The van der Waals surface area contributed by atoms with Crippen molar-refractivity contribution in [2.45, 2.75) is 61.7 Å². The molecule has 0 N–H and O–H groups in total. The summed E-state index contributed by atoms with van der Waals surface area (Å²) in [5.41, 5.74) is 0. The van der Waals surface area contributed by atoms with E-state index < -0.39 is 0 Å². The summed E-state index contributed by atoms with van der Waals surface area (Å²) in [5, 5.41) is 0. The summed E-state index contributed by atoms with van der Waals surface area (Å²) in [5.74, 6) is 0. The Balaban J connectivity index is 2.12. The van der Waals surface area contributed by atoms with Crippen LogP contribution in [0.25, 0.3) is 0 Å². The quantitative estimate of drug-likeness (QED) is 0.586. The maximum atomic E-state index is 2.07. The molecule has 0 saturated heterocycles. The van der Waals surface area contributed by atoms with Gasteiger partial charge in [-0.1, -0.05) is 0 Å². The van der Waals surface area contributed by atoms with E-state index in [1.807, 2.05) is 0 Å². The molecule has 1 heteroatoms. The van der Waals surface area contributed by atoms with E-state index >= 15 is 0 Å². The van der Waals surface area contributed by atoms with Gasteiger partial charge in [0, 0.05) is 0 Å². The molecule has 1 aliphatic carbocycles. The van der Waals surface area contributed by atoms with Crippen LogP contribution in [0.2, 0.25) is 3.86 Å². The number of rotatable bonds is 0. The fraction of sp³-hybridized carbons (Fsp3) is 1.00. The molecular formula is C10H19Sb. The average Bonchev–Trinajstić information content (AvgIpc) is 2.03. The molecule has 64 valence electrons. The Morgan fingerprint density at radius 3 is 1.45 bits per heavy atom. The van der Waals surface area contributed by atoms with E-state index in [0.29, 0.717) is 0 Å². The normalized spacial score (nSPS) is 24.8. The fourth-order valence-corrected chi connectivity index (χ4v) is 2.83. The van der Waals surface area contributed by atoms with Crippen molar-refractivity contribution < 1.29 is 0 Å². The molecule has 0 bridgehead atoms. The van der Waals surface area contributed by atoms with Gasteiger partial charge in [0.25, 0.3) is 0 Å². The summed E-state index contributed by atoms with van der Waals surface area (Å²) in [6.07, 6.45) is 13.5. The van der Waals surface area contributed by atoms with Crippen molar-refractivity contribution in [3.63, 3.8) is 0 Å². The van der Waals surface area contributed by atoms with Crippen molar-refractivity contribution in [1.29, 1.82) is 0 Å². The predicted octanol–water partition coefficient (Wildman–Crippen LogP) is 3.47. The van der Waals surface area contributed by atoms with Crippen LogP contribution >= 0.6 is 0 Å². The Morgan fingerprint density at radius 2 is 1.00 bits per heavy atom. The second kappa shape index (κ2) is 6.35. The third kappa shape index (κ3) is 5.12. The van der Waals surface area contributed by atoms with E-state index in [9.17, 15) is 0 Å². The van der Waals surface area contributed by atoms with Gasteiger partial charge in [-0.05, 0) is 0 Å². The van der Waals surface area contributed by atoms with Crippen molar-refractivity contribution in [2.24, 2.45) is 0 Å². The molecule has 2 radical (unpaired) electrons. The van der Waals surface area contributed by atoms with E-state index in [1.165, 1.54) is 57.8 Å². The Bertz CT molecular complexity index is 80.9. The van der Waals surface area contributed by atoms with Crippen LogP contribution in [0.5, 0.6) is 0 Å². The van der Waals surface area contributed by atoms with Crippen LogP contribution in [0.1, 0.15) is 57.8 Å². The zero-order chi connectivity index (χ0) is 7.94. The summed E-state index contributed by atoms with van der Waals surface area (Å²) in [4.78, 5) is 0. The first-order chi connectivity index (χ1) is 5.39. The van der Waals surface area contributed by atoms with Crippen molar-refractivity contribution in [1.82, 2.24) is 0 Å². The standard InChI is InChI=1S/C10H19.Sb/c1-2-4-6-8-10-9-7-5-3-1;/h1H,2-10H2;. The van der Waals surface area contributed by atoms with Crippen LogP contribution in [0.15, 0.2) is 0 Å². The van der Waals surface area contributed by atoms with Crippen molar-refractivity contribution in [3.05, 3.63) is 0 Å². The second-order valence-electron chi connectivity index (χ2n) is 3.71. The number of hydrogen-bond acceptors (Lipinski definition) is 0. The first-order valence-corrected chi connectivity index (χ1v) is 6.55. The zero-order valence-electron chi connectivity index (χ0n) is 7.39. The molecule has 0 aliphatic heterocycles. The van der Waals surface area contributed by atoms with Gasteiger partial charge < -0.3 is 0 Å². The summed E-state index contributed by atoms with van der Waals surface area (Å²) >= 11 is 2.07. The van der Waals surface area contributed by atoms with Gasteiger partial charge in [0.2, 0.25) is 0 Å². The summed E-state index contributed by atoms with van der Waals surface area (Å²) in [7, 11) is 0. The van der Waals surface area contributed by atoms with E-state index in [1.54, 1.807) is 0 Å². The molecular weight excluding hydrogens is 242 g/mol. The minimum atomic E-state index is 1.06. The van der Waals surface area contributed by atoms with Gasteiger partial charge >= 0.3 is 84.7 Å². The van der Waals surface area contributed by atoms with Crippen LogP contribution in [0.3, 0.4) is 0 Å². The van der Waals surface area contributed by atoms with Gasteiger partial charge in [0.05, 0.1) is 0 Å². The second-order valence-corrected chi connectivity index (χ2v) is 5.79. The predicted molar refractivity (Wildman–Crippen MR) is 51.1 cm³/mol. The molecule has 0 unspecified atom stereocenters. The minimum absolute atomic E-state index is 1.06. The molecule has 0 heterocycles. The van der Waals surface area contributed by atoms with Crippen LogP contribution in [-0.2, 0) is 0 Å². The molecule has 1 aliphatic rings. The summed E-state index contributed by atoms with van der Waals surface area (Å²) in [6.45, 7) is 0. The molecule has 1 saturated carbocycles. The van der Waals surface area contributed by atoms with E-state index in [-0.39, 0.29) is 0 Å². The van der Waals surface area contributed by atoms with E-state index in [2.05, 4.69) is 23.0 Å². The van der Waals surface area contributed by atoms with Crippen molar-refractivity contribution >= 4 is 23.0 Å².